The molecule has 0 saturated carbocycles. The Morgan fingerprint density at radius 3 is 2.41 bits per heavy atom. The number of esters is 1. The molecule has 0 spiro atoms. The number of carbonyl (C=O) groups excluding carboxylic acids is 3. The van der Waals surface area contributed by atoms with Crippen molar-refractivity contribution in [1.29, 1.82) is 0 Å². The van der Waals surface area contributed by atoms with Crippen molar-refractivity contribution in [3.05, 3.63) is 59.7 Å². The number of phenolic OH excluding ortho intramolecular Hbond substituents is 1. The summed E-state index contributed by atoms with van der Waals surface area (Å²) in [6, 6.07) is 11.6. The van der Waals surface area contributed by atoms with Gasteiger partial charge in [0.15, 0.2) is 0 Å². The van der Waals surface area contributed by atoms with Gasteiger partial charge in [0.1, 0.15) is 17.1 Å². The van der Waals surface area contributed by atoms with E-state index in [1.54, 1.807) is 37.3 Å². The highest BCUT2D eigenvalue weighted by Crippen LogP contribution is 2.26. The minimum absolute atomic E-state index is 0.137. The summed E-state index contributed by atoms with van der Waals surface area (Å²) in [4.78, 5) is 36.5. The van der Waals surface area contributed by atoms with Crippen molar-refractivity contribution in [3.63, 3.8) is 0 Å². The van der Waals surface area contributed by atoms with Gasteiger partial charge in [-0.3, -0.25) is 10.1 Å². The van der Waals surface area contributed by atoms with Gasteiger partial charge in [0, 0.05) is 18.2 Å². The van der Waals surface area contributed by atoms with E-state index in [2.05, 4.69) is 10.6 Å². The third-order valence-electron chi connectivity index (χ3n) is 3.56. The van der Waals surface area contributed by atoms with Gasteiger partial charge >= 0.3 is 12.0 Å². The predicted octanol–water partition coefficient (Wildman–Crippen LogP) is 2.14. The summed E-state index contributed by atoms with van der Waals surface area (Å²) in [7, 11) is 1.42. The van der Waals surface area contributed by atoms with Crippen molar-refractivity contribution in [2.45, 2.75) is 13.0 Å². The second-order valence-corrected chi connectivity index (χ2v) is 5.43. The molecule has 2 aromatic rings. The van der Waals surface area contributed by atoms with Crippen LogP contribution >= 0.6 is 0 Å². The predicted molar refractivity (Wildman–Crippen MR) is 96.5 cm³/mol. The molecule has 8 nitrogen and oxygen atoms in total. The molecule has 0 heterocycles. The Hall–Kier alpha value is -3.55. The second-order valence-electron chi connectivity index (χ2n) is 5.43. The smallest absolute Gasteiger partial charge is 0.343 e. The topological polar surface area (TPSA) is 114 Å². The number of methoxy groups -OCH3 is 1. The summed E-state index contributed by atoms with van der Waals surface area (Å²) < 4.78 is 10.3. The van der Waals surface area contributed by atoms with E-state index >= 15 is 0 Å². The molecule has 0 aliphatic rings. The third-order valence-corrected chi connectivity index (χ3v) is 3.56. The average Bonchev–Trinajstić information content (AvgIpc) is 2.66. The summed E-state index contributed by atoms with van der Waals surface area (Å²) in [6.07, 6.45) is -1.37. The number of aromatic hydroxyl groups is 1. The Bertz CT molecular complexity index is 822. The van der Waals surface area contributed by atoms with E-state index in [1.807, 2.05) is 0 Å². The second kappa shape index (κ2) is 9.23. The molecule has 0 saturated heterocycles. The summed E-state index contributed by atoms with van der Waals surface area (Å²) in [5.74, 6) is -1.73. The van der Waals surface area contributed by atoms with Crippen molar-refractivity contribution in [3.8, 4) is 11.5 Å². The number of hydrogen-bond donors (Lipinski definition) is 3. The number of imide groups is 1. The highest BCUT2D eigenvalue weighted by molar-refractivity contribution is 5.99. The molecule has 27 heavy (non-hydrogen) atoms. The first-order valence-corrected chi connectivity index (χ1v) is 8.17. The molecular weight excluding hydrogens is 352 g/mol. The largest absolute Gasteiger partial charge is 0.507 e. The molecule has 0 bridgehead atoms. The van der Waals surface area contributed by atoms with Gasteiger partial charge in [-0.1, -0.05) is 30.3 Å². The number of phenols is 1. The maximum Gasteiger partial charge on any atom is 0.343 e. The molecule has 8 heteroatoms. The summed E-state index contributed by atoms with van der Waals surface area (Å²) >= 11 is 0. The van der Waals surface area contributed by atoms with Crippen LogP contribution in [0, 0.1) is 0 Å². The molecule has 1 atom stereocenters. The quantitative estimate of drug-likeness (QED) is 0.670. The van der Waals surface area contributed by atoms with E-state index in [4.69, 9.17) is 9.47 Å². The lowest BCUT2D eigenvalue weighted by molar-refractivity contribution is -0.129. The minimum Gasteiger partial charge on any atom is -0.507 e. The van der Waals surface area contributed by atoms with Gasteiger partial charge in [-0.15, -0.1) is 0 Å². The van der Waals surface area contributed by atoms with E-state index in [0.717, 1.165) is 0 Å². The zero-order valence-electron chi connectivity index (χ0n) is 14.9. The average molecular weight is 372 g/mol. The molecule has 3 amide bonds. The van der Waals surface area contributed by atoms with Crippen LogP contribution in [0.15, 0.2) is 48.5 Å². The van der Waals surface area contributed by atoms with Crippen LogP contribution < -0.4 is 15.4 Å². The van der Waals surface area contributed by atoms with Crippen LogP contribution in [0.1, 0.15) is 28.9 Å². The summed E-state index contributed by atoms with van der Waals surface area (Å²) in [5.41, 5.74) is 0.239. The summed E-state index contributed by atoms with van der Waals surface area (Å²) in [6.45, 7) is 2.03. The number of carbonyl (C=O) groups is 3. The lowest BCUT2D eigenvalue weighted by atomic mass is 10.1. The van der Waals surface area contributed by atoms with Crippen LogP contribution in [0.5, 0.6) is 11.5 Å². The van der Waals surface area contributed by atoms with E-state index in [9.17, 15) is 19.5 Å². The first-order valence-electron chi connectivity index (χ1n) is 8.17. The standard InChI is InChI=1S/C19H20N2O6/c1-3-20-19(25)21-17(23)16(12-7-5-4-6-8-12)27-18(24)14-10-9-13(26-2)11-15(14)22/h4-11,16,22H,3H2,1-2H3,(H2,20,21,23,25)/t16-/m0/s1. The SMILES string of the molecule is CCNC(=O)NC(=O)[C@@H](OC(=O)c1ccc(OC)cc1O)c1ccccc1. The molecule has 0 unspecified atom stereocenters. The minimum atomic E-state index is -1.37. The van der Waals surface area contributed by atoms with Crippen molar-refractivity contribution in [2.75, 3.05) is 13.7 Å². The van der Waals surface area contributed by atoms with Crippen LogP contribution in [0.4, 0.5) is 4.79 Å². The fourth-order valence-corrected chi connectivity index (χ4v) is 2.26. The van der Waals surface area contributed by atoms with Crippen molar-refractivity contribution >= 4 is 17.9 Å². The molecule has 0 aromatic heterocycles. The zero-order valence-corrected chi connectivity index (χ0v) is 14.9. The monoisotopic (exact) mass is 372 g/mol. The summed E-state index contributed by atoms with van der Waals surface area (Å²) in [5, 5.41) is 14.5. The Kier molecular flexibility index (Phi) is 6.76. The van der Waals surface area contributed by atoms with E-state index in [0.29, 0.717) is 17.9 Å². The van der Waals surface area contributed by atoms with Crippen LogP contribution in [-0.4, -0.2) is 36.7 Å². The van der Waals surface area contributed by atoms with Gasteiger partial charge < -0.3 is 19.9 Å². The van der Waals surface area contributed by atoms with Gasteiger partial charge in [0.05, 0.1) is 7.11 Å². The number of nitrogens with one attached hydrogen (secondary N) is 2. The lowest BCUT2D eigenvalue weighted by Crippen LogP contribution is -2.42. The maximum absolute atomic E-state index is 12.5. The van der Waals surface area contributed by atoms with Gasteiger partial charge in [-0.2, -0.15) is 0 Å². The first-order chi connectivity index (χ1) is 13.0. The molecule has 3 N–H and O–H groups in total. The molecule has 0 fully saturated rings. The first kappa shape index (κ1) is 19.8. The normalized spacial score (nSPS) is 11.2. The van der Waals surface area contributed by atoms with Crippen LogP contribution in [0.2, 0.25) is 0 Å². The fourth-order valence-electron chi connectivity index (χ4n) is 2.26. The Morgan fingerprint density at radius 1 is 1.11 bits per heavy atom. The molecule has 0 aliphatic carbocycles. The van der Waals surface area contributed by atoms with E-state index in [1.165, 1.54) is 25.3 Å². The van der Waals surface area contributed by atoms with Crippen molar-refractivity contribution in [2.24, 2.45) is 0 Å². The van der Waals surface area contributed by atoms with Gasteiger partial charge in [-0.05, 0) is 19.1 Å². The van der Waals surface area contributed by atoms with Gasteiger partial charge in [-0.25, -0.2) is 9.59 Å². The van der Waals surface area contributed by atoms with Crippen LogP contribution in [0.25, 0.3) is 0 Å². The molecular formula is C19H20N2O6. The molecule has 0 aliphatic heterocycles. The van der Waals surface area contributed by atoms with E-state index in [-0.39, 0.29) is 11.3 Å². The highest BCUT2D eigenvalue weighted by Gasteiger charge is 2.28. The lowest BCUT2D eigenvalue weighted by Gasteiger charge is -2.18. The molecule has 0 radical (unpaired) electrons. The van der Waals surface area contributed by atoms with Gasteiger partial charge in [0.25, 0.3) is 5.91 Å². The maximum atomic E-state index is 12.5. The molecule has 2 aromatic carbocycles. The van der Waals surface area contributed by atoms with Gasteiger partial charge in [0.2, 0.25) is 6.10 Å². The Balaban J connectivity index is 2.25. The zero-order chi connectivity index (χ0) is 19.8. The third kappa shape index (κ3) is 5.21. The number of urea groups is 1. The Labute approximate surface area is 156 Å². The number of hydrogen-bond acceptors (Lipinski definition) is 6. The number of ether oxygens (including phenoxy) is 2. The highest BCUT2D eigenvalue weighted by atomic mass is 16.5. The van der Waals surface area contributed by atoms with Crippen molar-refractivity contribution in [1.82, 2.24) is 10.6 Å². The number of rotatable bonds is 6. The fraction of sp³-hybridized carbons (Fsp3) is 0.211. The number of benzene rings is 2. The molecule has 2 rings (SSSR count). The number of amides is 3. The van der Waals surface area contributed by atoms with E-state index < -0.39 is 24.0 Å². The van der Waals surface area contributed by atoms with Crippen LogP contribution in [-0.2, 0) is 9.53 Å². The van der Waals surface area contributed by atoms with Crippen LogP contribution in [0.3, 0.4) is 0 Å². The Morgan fingerprint density at radius 2 is 1.81 bits per heavy atom. The van der Waals surface area contributed by atoms with Crippen molar-refractivity contribution < 1.29 is 29.0 Å². The molecule has 142 valence electrons.